The molecule has 0 aliphatic heterocycles. The maximum Gasteiger partial charge on any atom is 0.322 e. The van der Waals surface area contributed by atoms with E-state index in [9.17, 15) is 14.4 Å². The lowest BCUT2D eigenvalue weighted by molar-refractivity contribution is -0.137. The third-order valence-corrected chi connectivity index (χ3v) is 2.77. The number of nitrogens with one attached hydrogen (secondary N) is 2. The van der Waals surface area contributed by atoms with Crippen LogP contribution in [0.5, 0.6) is 0 Å². The van der Waals surface area contributed by atoms with Gasteiger partial charge in [-0.1, -0.05) is 13.8 Å². The topological polar surface area (TPSA) is 113 Å². The van der Waals surface area contributed by atoms with Gasteiger partial charge in [0.15, 0.2) is 0 Å². The van der Waals surface area contributed by atoms with Crippen LogP contribution in [0.15, 0.2) is 6.07 Å². The van der Waals surface area contributed by atoms with Crippen LogP contribution in [0, 0.1) is 0 Å². The lowest BCUT2D eigenvalue weighted by Crippen LogP contribution is -2.39. The molecular formula is C13H20N4O4. The molecule has 0 atom stereocenters. The molecule has 0 saturated carbocycles. The van der Waals surface area contributed by atoms with Gasteiger partial charge in [-0.2, -0.15) is 5.10 Å². The number of carbonyl (C=O) groups is 3. The summed E-state index contributed by atoms with van der Waals surface area (Å²) in [6.07, 6.45) is 0. The van der Waals surface area contributed by atoms with Gasteiger partial charge in [-0.05, 0) is 18.9 Å². The highest BCUT2D eigenvalue weighted by Gasteiger charge is 2.16. The largest absolute Gasteiger partial charge is 0.480 e. The minimum Gasteiger partial charge on any atom is -0.480 e. The molecule has 116 valence electrons. The lowest BCUT2D eigenvalue weighted by atomic mass is 10.1. The number of aromatic nitrogens is 2. The Hall–Kier alpha value is -2.38. The van der Waals surface area contributed by atoms with Crippen molar-refractivity contribution in [1.82, 2.24) is 20.4 Å². The molecule has 0 unspecified atom stereocenters. The molecule has 0 saturated heterocycles. The molecule has 1 heterocycles. The van der Waals surface area contributed by atoms with E-state index in [4.69, 9.17) is 5.11 Å². The van der Waals surface area contributed by atoms with E-state index in [-0.39, 0.29) is 12.5 Å². The van der Waals surface area contributed by atoms with E-state index in [1.807, 2.05) is 20.8 Å². The molecule has 1 aromatic rings. The van der Waals surface area contributed by atoms with Crippen LogP contribution in [-0.4, -0.2) is 45.8 Å². The Morgan fingerprint density at radius 1 is 1.29 bits per heavy atom. The van der Waals surface area contributed by atoms with Crippen molar-refractivity contribution in [2.24, 2.45) is 0 Å². The highest BCUT2D eigenvalue weighted by molar-refractivity contribution is 5.95. The molecule has 2 amide bonds. The number of nitrogens with zero attached hydrogens (tertiary/aromatic N) is 2. The Labute approximate surface area is 122 Å². The Balaban J connectivity index is 2.63. The van der Waals surface area contributed by atoms with Gasteiger partial charge in [0.05, 0.1) is 12.2 Å². The summed E-state index contributed by atoms with van der Waals surface area (Å²) in [4.78, 5) is 33.7. The molecule has 0 spiro atoms. The summed E-state index contributed by atoms with van der Waals surface area (Å²) in [5.74, 6) is -1.91. The molecule has 8 heteroatoms. The van der Waals surface area contributed by atoms with Gasteiger partial charge in [-0.15, -0.1) is 0 Å². The fraction of sp³-hybridized carbons (Fsp3) is 0.538. The van der Waals surface area contributed by atoms with Gasteiger partial charge in [0.1, 0.15) is 12.2 Å². The highest BCUT2D eigenvalue weighted by Crippen LogP contribution is 2.14. The Morgan fingerprint density at radius 3 is 2.48 bits per heavy atom. The second kappa shape index (κ2) is 7.41. The Kier molecular flexibility index (Phi) is 5.89. The maximum absolute atomic E-state index is 12.0. The number of rotatable bonds is 7. The monoisotopic (exact) mass is 296 g/mol. The molecule has 0 bridgehead atoms. The van der Waals surface area contributed by atoms with Crippen LogP contribution in [0.3, 0.4) is 0 Å². The molecule has 1 aromatic heterocycles. The van der Waals surface area contributed by atoms with Crippen LogP contribution in [0.25, 0.3) is 0 Å². The first kappa shape index (κ1) is 16.7. The standard InChI is InChI=1S/C13H20N4O4/c1-4-17-10(5-9(16-17)8(2)3)13(21)15-6-11(18)14-7-12(19)20/h5,8H,4,6-7H2,1-3H3,(H,14,18)(H,15,21)(H,19,20). The summed E-state index contributed by atoms with van der Waals surface area (Å²) in [6, 6.07) is 1.69. The van der Waals surface area contributed by atoms with Gasteiger partial charge in [0.25, 0.3) is 5.91 Å². The summed E-state index contributed by atoms with van der Waals surface area (Å²) in [5, 5.41) is 17.4. The summed E-state index contributed by atoms with van der Waals surface area (Å²) in [5.41, 5.74) is 1.18. The third-order valence-electron chi connectivity index (χ3n) is 2.77. The first-order chi connectivity index (χ1) is 9.85. The van der Waals surface area contributed by atoms with E-state index in [1.165, 1.54) is 0 Å². The molecule has 0 aliphatic rings. The molecule has 3 N–H and O–H groups in total. The predicted molar refractivity (Wildman–Crippen MR) is 75.0 cm³/mol. The van der Waals surface area contributed by atoms with Gasteiger partial charge in [-0.3, -0.25) is 19.1 Å². The number of aryl methyl sites for hydroxylation is 1. The number of aliphatic carboxylic acids is 1. The molecule has 0 aromatic carbocycles. The van der Waals surface area contributed by atoms with E-state index < -0.39 is 24.3 Å². The van der Waals surface area contributed by atoms with E-state index in [0.717, 1.165) is 5.69 Å². The Morgan fingerprint density at radius 2 is 1.95 bits per heavy atom. The van der Waals surface area contributed by atoms with E-state index >= 15 is 0 Å². The molecule has 21 heavy (non-hydrogen) atoms. The van der Waals surface area contributed by atoms with E-state index in [2.05, 4.69) is 15.7 Å². The number of carboxylic acid groups (broad SMARTS) is 1. The quantitative estimate of drug-likeness (QED) is 0.653. The van der Waals surface area contributed by atoms with Crippen molar-refractivity contribution in [3.63, 3.8) is 0 Å². The number of hydrogen-bond acceptors (Lipinski definition) is 4. The first-order valence-corrected chi connectivity index (χ1v) is 6.69. The zero-order valence-corrected chi connectivity index (χ0v) is 12.3. The Bertz CT molecular complexity index is 536. The zero-order valence-electron chi connectivity index (χ0n) is 12.3. The van der Waals surface area contributed by atoms with Crippen molar-refractivity contribution < 1.29 is 19.5 Å². The molecule has 8 nitrogen and oxygen atoms in total. The predicted octanol–water partition coefficient (Wildman–Crippen LogP) is -0.0430. The van der Waals surface area contributed by atoms with Crippen molar-refractivity contribution in [2.75, 3.05) is 13.1 Å². The summed E-state index contributed by atoms with van der Waals surface area (Å²) < 4.78 is 1.57. The average Bonchev–Trinajstić information content (AvgIpc) is 2.86. The van der Waals surface area contributed by atoms with Crippen molar-refractivity contribution in [2.45, 2.75) is 33.2 Å². The third kappa shape index (κ3) is 4.90. The fourth-order valence-electron chi connectivity index (χ4n) is 1.63. The maximum atomic E-state index is 12.0. The van der Waals surface area contributed by atoms with Gasteiger partial charge < -0.3 is 15.7 Å². The van der Waals surface area contributed by atoms with E-state index in [0.29, 0.717) is 12.2 Å². The second-order valence-electron chi connectivity index (χ2n) is 4.78. The normalized spacial score (nSPS) is 10.5. The van der Waals surface area contributed by atoms with Crippen molar-refractivity contribution in [3.8, 4) is 0 Å². The van der Waals surface area contributed by atoms with Gasteiger partial charge in [0.2, 0.25) is 5.91 Å². The van der Waals surface area contributed by atoms with Crippen LogP contribution in [-0.2, 0) is 16.1 Å². The highest BCUT2D eigenvalue weighted by atomic mass is 16.4. The number of amides is 2. The van der Waals surface area contributed by atoms with Crippen LogP contribution < -0.4 is 10.6 Å². The molecule has 0 fully saturated rings. The minimum atomic E-state index is -1.14. The van der Waals surface area contributed by atoms with Crippen molar-refractivity contribution in [1.29, 1.82) is 0 Å². The summed E-state index contributed by atoms with van der Waals surface area (Å²) in [6.45, 7) is 5.61. The smallest absolute Gasteiger partial charge is 0.322 e. The van der Waals surface area contributed by atoms with Crippen LogP contribution in [0.4, 0.5) is 0 Å². The number of carbonyl (C=O) groups excluding carboxylic acids is 2. The van der Waals surface area contributed by atoms with Crippen LogP contribution in [0.1, 0.15) is 42.9 Å². The minimum absolute atomic E-state index is 0.197. The molecule has 0 radical (unpaired) electrons. The average molecular weight is 296 g/mol. The second-order valence-corrected chi connectivity index (χ2v) is 4.78. The lowest BCUT2D eigenvalue weighted by Gasteiger charge is -2.06. The summed E-state index contributed by atoms with van der Waals surface area (Å²) in [7, 11) is 0. The molecule has 0 aliphatic carbocycles. The van der Waals surface area contributed by atoms with Gasteiger partial charge in [-0.25, -0.2) is 0 Å². The first-order valence-electron chi connectivity index (χ1n) is 6.69. The molecular weight excluding hydrogens is 276 g/mol. The SMILES string of the molecule is CCn1nc(C(C)C)cc1C(=O)NCC(=O)NCC(=O)O. The van der Waals surface area contributed by atoms with E-state index in [1.54, 1.807) is 10.7 Å². The van der Waals surface area contributed by atoms with Crippen molar-refractivity contribution >= 4 is 17.8 Å². The van der Waals surface area contributed by atoms with Crippen molar-refractivity contribution in [3.05, 3.63) is 17.5 Å². The number of hydrogen-bond donors (Lipinski definition) is 3. The zero-order chi connectivity index (χ0) is 16.0. The number of carboxylic acids is 1. The van der Waals surface area contributed by atoms with Gasteiger partial charge >= 0.3 is 5.97 Å². The summed E-state index contributed by atoms with van der Waals surface area (Å²) >= 11 is 0. The van der Waals surface area contributed by atoms with Crippen LogP contribution >= 0.6 is 0 Å². The van der Waals surface area contributed by atoms with Crippen LogP contribution in [0.2, 0.25) is 0 Å². The fourth-order valence-corrected chi connectivity index (χ4v) is 1.63. The molecule has 1 rings (SSSR count). The van der Waals surface area contributed by atoms with Gasteiger partial charge in [0, 0.05) is 6.54 Å².